The van der Waals surface area contributed by atoms with Gasteiger partial charge in [0, 0.05) is 6.20 Å². The molecule has 1 aromatic rings. The maximum absolute atomic E-state index is 11.0. The average molecular weight is 204 g/mol. The van der Waals surface area contributed by atoms with Crippen LogP contribution in [0.2, 0.25) is 0 Å². The van der Waals surface area contributed by atoms with Crippen molar-refractivity contribution in [3.05, 3.63) is 18.0 Å². The second-order valence-electron chi connectivity index (χ2n) is 2.75. The summed E-state index contributed by atoms with van der Waals surface area (Å²) in [6.45, 7) is 0.143. The zero-order valence-corrected chi connectivity index (χ0v) is 8.04. The minimum atomic E-state index is -0.768. The molecule has 0 fully saturated rings. The largest absolute Gasteiger partial charge is 0.465 e. The Hall–Kier alpha value is -2.34. The third kappa shape index (κ3) is 2.55. The number of hydrogen-bond donors (Lipinski definition) is 0. The number of ether oxygens (including phenoxy) is 1. The molecule has 0 unspecified atom stereocenters. The standard InChI is InChI=1S/C9H8N4O2/c1-15-9(14)8-4-12-13(6-8)5-7(2-10)3-11/h4,6-7H,5H2,1H3. The molecule has 6 nitrogen and oxygen atoms in total. The minimum Gasteiger partial charge on any atom is -0.465 e. The van der Waals surface area contributed by atoms with Crippen molar-refractivity contribution in [1.82, 2.24) is 9.78 Å². The first-order valence-corrected chi connectivity index (χ1v) is 4.11. The summed E-state index contributed by atoms with van der Waals surface area (Å²) in [5.74, 6) is -1.26. The first kappa shape index (κ1) is 10.7. The molecule has 0 saturated carbocycles. The van der Waals surface area contributed by atoms with Crippen LogP contribution < -0.4 is 0 Å². The lowest BCUT2D eigenvalue weighted by Gasteiger charge is -1.99. The highest BCUT2D eigenvalue weighted by Crippen LogP contribution is 2.03. The van der Waals surface area contributed by atoms with Crippen molar-refractivity contribution in [1.29, 1.82) is 10.5 Å². The third-order valence-electron chi connectivity index (χ3n) is 1.74. The summed E-state index contributed by atoms with van der Waals surface area (Å²) < 4.78 is 5.85. The van der Waals surface area contributed by atoms with Crippen LogP contribution in [-0.2, 0) is 11.3 Å². The van der Waals surface area contributed by atoms with Crippen molar-refractivity contribution < 1.29 is 9.53 Å². The molecule has 1 rings (SSSR count). The normalized spacial score (nSPS) is 9.33. The maximum atomic E-state index is 11.0. The summed E-state index contributed by atoms with van der Waals surface area (Å²) >= 11 is 0. The van der Waals surface area contributed by atoms with Crippen molar-refractivity contribution in [2.45, 2.75) is 6.54 Å². The van der Waals surface area contributed by atoms with E-state index in [2.05, 4.69) is 9.84 Å². The Bertz CT molecular complexity index is 424. The molecule has 0 amide bonds. The van der Waals surface area contributed by atoms with Gasteiger partial charge in [-0.1, -0.05) is 0 Å². The van der Waals surface area contributed by atoms with Gasteiger partial charge in [-0.15, -0.1) is 0 Å². The molecule has 15 heavy (non-hydrogen) atoms. The van der Waals surface area contributed by atoms with E-state index in [0.29, 0.717) is 5.56 Å². The van der Waals surface area contributed by atoms with E-state index in [-0.39, 0.29) is 6.54 Å². The first-order valence-electron chi connectivity index (χ1n) is 4.11. The summed E-state index contributed by atoms with van der Waals surface area (Å²) in [5, 5.41) is 20.9. The van der Waals surface area contributed by atoms with Gasteiger partial charge in [-0.25, -0.2) is 4.79 Å². The van der Waals surface area contributed by atoms with Crippen molar-refractivity contribution in [2.24, 2.45) is 5.92 Å². The Morgan fingerprint density at radius 3 is 2.87 bits per heavy atom. The second-order valence-corrected chi connectivity index (χ2v) is 2.75. The van der Waals surface area contributed by atoms with Gasteiger partial charge in [-0.2, -0.15) is 15.6 Å². The number of methoxy groups -OCH3 is 1. The van der Waals surface area contributed by atoms with Crippen LogP contribution in [0.1, 0.15) is 10.4 Å². The zero-order chi connectivity index (χ0) is 11.3. The number of esters is 1. The summed E-state index contributed by atoms with van der Waals surface area (Å²) in [4.78, 5) is 11.0. The summed E-state index contributed by atoms with van der Waals surface area (Å²) in [7, 11) is 1.27. The molecule has 0 atom stereocenters. The fourth-order valence-electron chi connectivity index (χ4n) is 0.984. The minimum absolute atomic E-state index is 0.143. The lowest BCUT2D eigenvalue weighted by molar-refractivity contribution is 0.0600. The van der Waals surface area contributed by atoms with Crippen LogP contribution in [0.4, 0.5) is 0 Å². The zero-order valence-electron chi connectivity index (χ0n) is 8.04. The molecule has 1 heterocycles. The van der Waals surface area contributed by atoms with E-state index >= 15 is 0 Å². The van der Waals surface area contributed by atoms with E-state index in [1.807, 2.05) is 12.1 Å². The quantitative estimate of drug-likeness (QED) is 0.661. The Balaban J connectivity index is 2.74. The molecule has 0 aliphatic carbocycles. The Labute approximate surface area is 86.3 Å². The number of nitriles is 2. The van der Waals surface area contributed by atoms with E-state index in [0.717, 1.165) is 0 Å². The van der Waals surface area contributed by atoms with E-state index in [1.165, 1.54) is 24.2 Å². The smallest absolute Gasteiger partial charge is 0.341 e. The van der Waals surface area contributed by atoms with Crippen molar-refractivity contribution >= 4 is 5.97 Å². The van der Waals surface area contributed by atoms with Crippen LogP contribution in [0.3, 0.4) is 0 Å². The highest BCUT2D eigenvalue weighted by molar-refractivity contribution is 5.88. The Morgan fingerprint density at radius 2 is 2.33 bits per heavy atom. The SMILES string of the molecule is COC(=O)c1cnn(CC(C#N)C#N)c1. The number of hydrogen-bond acceptors (Lipinski definition) is 5. The Morgan fingerprint density at radius 1 is 1.67 bits per heavy atom. The number of nitrogens with zero attached hydrogens (tertiary/aromatic N) is 4. The molecule has 0 aliphatic rings. The van der Waals surface area contributed by atoms with E-state index < -0.39 is 11.9 Å². The monoisotopic (exact) mass is 204 g/mol. The van der Waals surface area contributed by atoms with E-state index in [4.69, 9.17) is 10.5 Å². The van der Waals surface area contributed by atoms with Gasteiger partial charge in [0.2, 0.25) is 0 Å². The van der Waals surface area contributed by atoms with Crippen LogP contribution in [0.25, 0.3) is 0 Å². The van der Waals surface area contributed by atoms with Gasteiger partial charge < -0.3 is 4.74 Å². The van der Waals surface area contributed by atoms with Crippen LogP contribution in [0, 0.1) is 28.6 Å². The van der Waals surface area contributed by atoms with Crippen LogP contribution in [0.15, 0.2) is 12.4 Å². The molecule has 0 aromatic carbocycles. The molecule has 6 heteroatoms. The molecular formula is C9H8N4O2. The summed E-state index contributed by atoms with van der Waals surface area (Å²) in [6, 6.07) is 3.63. The van der Waals surface area contributed by atoms with Gasteiger partial charge in [-0.3, -0.25) is 4.68 Å². The van der Waals surface area contributed by atoms with Crippen LogP contribution in [-0.4, -0.2) is 22.9 Å². The molecule has 0 bridgehead atoms. The number of carbonyl (C=O) groups excluding carboxylic acids is 1. The molecule has 1 aromatic heterocycles. The average Bonchev–Trinajstić information content (AvgIpc) is 2.73. The molecular weight excluding hydrogens is 196 g/mol. The molecule has 0 N–H and O–H groups in total. The van der Waals surface area contributed by atoms with Crippen molar-refractivity contribution in [2.75, 3.05) is 7.11 Å². The lowest BCUT2D eigenvalue weighted by atomic mass is 10.2. The maximum Gasteiger partial charge on any atom is 0.341 e. The van der Waals surface area contributed by atoms with Gasteiger partial charge >= 0.3 is 5.97 Å². The van der Waals surface area contributed by atoms with Gasteiger partial charge in [0.1, 0.15) is 0 Å². The Kier molecular flexibility index (Phi) is 3.42. The van der Waals surface area contributed by atoms with Gasteiger partial charge in [0.05, 0.1) is 37.6 Å². The fourth-order valence-corrected chi connectivity index (χ4v) is 0.984. The highest BCUT2D eigenvalue weighted by atomic mass is 16.5. The van der Waals surface area contributed by atoms with Crippen molar-refractivity contribution in [3.63, 3.8) is 0 Å². The fraction of sp³-hybridized carbons (Fsp3) is 0.333. The second kappa shape index (κ2) is 4.77. The molecule has 0 saturated heterocycles. The number of carbonyl (C=O) groups is 1. The van der Waals surface area contributed by atoms with E-state index in [9.17, 15) is 4.79 Å². The predicted octanol–water partition coefficient (Wildman–Crippen LogP) is 0.333. The van der Waals surface area contributed by atoms with Crippen LogP contribution in [0.5, 0.6) is 0 Å². The van der Waals surface area contributed by atoms with E-state index in [1.54, 1.807) is 0 Å². The van der Waals surface area contributed by atoms with Gasteiger partial charge in [-0.05, 0) is 0 Å². The van der Waals surface area contributed by atoms with Gasteiger partial charge in [0.15, 0.2) is 5.92 Å². The predicted molar refractivity (Wildman–Crippen MR) is 48.3 cm³/mol. The van der Waals surface area contributed by atoms with Crippen molar-refractivity contribution in [3.8, 4) is 12.1 Å². The highest BCUT2D eigenvalue weighted by Gasteiger charge is 2.11. The molecule has 76 valence electrons. The molecule has 0 spiro atoms. The number of aromatic nitrogens is 2. The summed E-state index contributed by atoms with van der Waals surface area (Å²) in [5.41, 5.74) is 0.298. The molecule has 0 aliphatic heterocycles. The number of rotatable bonds is 3. The molecule has 0 radical (unpaired) electrons. The summed E-state index contributed by atoms with van der Waals surface area (Å²) in [6.07, 6.45) is 2.77. The topological polar surface area (TPSA) is 91.7 Å². The third-order valence-corrected chi connectivity index (χ3v) is 1.74. The van der Waals surface area contributed by atoms with Gasteiger partial charge in [0.25, 0.3) is 0 Å². The van der Waals surface area contributed by atoms with Crippen LogP contribution >= 0.6 is 0 Å². The lowest BCUT2D eigenvalue weighted by Crippen LogP contribution is -2.07. The first-order chi connectivity index (χ1) is 7.21.